The van der Waals surface area contributed by atoms with E-state index in [4.69, 9.17) is 4.98 Å². The smallest absolute Gasteiger partial charge is 0.225 e. The summed E-state index contributed by atoms with van der Waals surface area (Å²) in [5.74, 6) is -0.227. The number of thiazole rings is 1. The molecule has 2 unspecified atom stereocenters. The Morgan fingerprint density at radius 2 is 2.03 bits per heavy atom. The van der Waals surface area contributed by atoms with Gasteiger partial charge in [-0.1, -0.05) is 41.7 Å². The Bertz CT molecular complexity index is 1400. The lowest BCUT2D eigenvalue weighted by Gasteiger charge is -2.33. The highest BCUT2D eigenvalue weighted by atomic mass is 32.1. The number of amides is 1. The van der Waals surface area contributed by atoms with E-state index in [1.807, 2.05) is 13.0 Å². The van der Waals surface area contributed by atoms with Crippen molar-refractivity contribution in [3.63, 3.8) is 0 Å². The minimum absolute atomic E-state index is 0.0642. The van der Waals surface area contributed by atoms with E-state index in [1.54, 1.807) is 22.1 Å². The van der Waals surface area contributed by atoms with Gasteiger partial charge in [-0.05, 0) is 68.4 Å². The second kappa shape index (κ2) is 9.07. The minimum atomic E-state index is -0.301. The largest absolute Gasteiger partial charge is 0.349 e. The second-order valence-corrected chi connectivity index (χ2v) is 10.5. The third-order valence-corrected chi connectivity index (χ3v) is 8.39. The second-order valence-electron chi connectivity index (χ2n) is 9.56. The molecule has 35 heavy (non-hydrogen) atoms. The van der Waals surface area contributed by atoms with Crippen LogP contribution in [0.15, 0.2) is 48.5 Å². The van der Waals surface area contributed by atoms with Crippen molar-refractivity contribution in [3.8, 4) is 5.69 Å². The van der Waals surface area contributed by atoms with Gasteiger partial charge in [0, 0.05) is 13.1 Å². The Morgan fingerprint density at radius 3 is 2.91 bits per heavy atom. The highest BCUT2D eigenvalue weighted by molar-refractivity contribution is 7.22. The van der Waals surface area contributed by atoms with Crippen molar-refractivity contribution in [1.29, 1.82) is 0 Å². The number of hydrogen-bond donors (Lipinski definition) is 1. The van der Waals surface area contributed by atoms with E-state index < -0.39 is 0 Å². The van der Waals surface area contributed by atoms with Crippen LogP contribution in [0.1, 0.15) is 48.5 Å². The maximum Gasteiger partial charge on any atom is 0.225 e. The van der Waals surface area contributed by atoms with E-state index in [0.717, 1.165) is 59.8 Å². The van der Waals surface area contributed by atoms with Crippen molar-refractivity contribution in [2.45, 2.75) is 45.1 Å². The predicted molar refractivity (Wildman–Crippen MR) is 137 cm³/mol. The van der Waals surface area contributed by atoms with E-state index >= 15 is 0 Å². The van der Waals surface area contributed by atoms with Crippen molar-refractivity contribution in [2.24, 2.45) is 5.92 Å². The zero-order chi connectivity index (χ0) is 23.9. The number of halogens is 1. The van der Waals surface area contributed by atoms with Crippen LogP contribution >= 0.6 is 11.3 Å². The summed E-state index contributed by atoms with van der Waals surface area (Å²) in [6, 6.07) is 15.0. The fourth-order valence-corrected chi connectivity index (χ4v) is 6.43. The first-order valence-electron chi connectivity index (χ1n) is 12.3. The van der Waals surface area contributed by atoms with Crippen molar-refractivity contribution < 1.29 is 9.18 Å². The lowest BCUT2D eigenvalue weighted by molar-refractivity contribution is -0.126. The molecule has 1 aliphatic carbocycles. The number of anilines is 1. The molecule has 8 heteroatoms. The normalized spacial score (nSPS) is 20.1. The summed E-state index contributed by atoms with van der Waals surface area (Å²) in [4.78, 5) is 20.4. The number of hydrogen-bond acceptors (Lipinski definition) is 5. The van der Waals surface area contributed by atoms with Gasteiger partial charge in [0.25, 0.3) is 0 Å². The quantitative estimate of drug-likeness (QED) is 0.420. The number of nitrogens with one attached hydrogen (secondary N) is 1. The number of aryl methyl sites for hydroxylation is 2. The Morgan fingerprint density at radius 1 is 1.14 bits per heavy atom. The van der Waals surface area contributed by atoms with Gasteiger partial charge in [-0.2, -0.15) is 10.1 Å². The van der Waals surface area contributed by atoms with Crippen molar-refractivity contribution in [3.05, 3.63) is 71.2 Å². The number of carbonyl (C=O) groups excluding carboxylic acids is 1. The first kappa shape index (κ1) is 22.2. The van der Waals surface area contributed by atoms with Crippen LogP contribution in [0.25, 0.3) is 16.0 Å². The first-order chi connectivity index (χ1) is 17.1. The zero-order valence-corrected chi connectivity index (χ0v) is 20.5. The lowest BCUT2D eigenvalue weighted by atomic mass is 9.87. The molecule has 2 aliphatic rings. The molecule has 1 amide bonds. The minimum Gasteiger partial charge on any atom is -0.349 e. The molecule has 6 nitrogen and oxygen atoms in total. The van der Waals surface area contributed by atoms with Gasteiger partial charge in [0.15, 0.2) is 10.8 Å². The van der Waals surface area contributed by atoms with Crippen LogP contribution in [0.4, 0.5) is 9.52 Å². The molecule has 0 spiro atoms. The van der Waals surface area contributed by atoms with Crippen LogP contribution in [0.2, 0.25) is 0 Å². The molecule has 4 aromatic rings. The summed E-state index contributed by atoms with van der Waals surface area (Å²) in [6.07, 6.45) is 5.02. The van der Waals surface area contributed by atoms with Crippen molar-refractivity contribution in [1.82, 2.24) is 20.1 Å². The van der Waals surface area contributed by atoms with Gasteiger partial charge in [0.05, 0.1) is 28.0 Å². The van der Waals surface area contributed by atoms with E-state index in [1.165, 1.54) is 23.3 Å². The number of aromatic nitrogens is 3. The monoisotopic (exact) mass is 489 g/mol. The number of fused-ring (bicyclic) bond motifs is 2. The summed E-state index contributed by atoms with van der Waals surface area (Å²) in [7, 11) is 0. The summed E-state index contributed by atoms with van der Waals surface area (Å²) in [5.41, 5.74) is 4.88. The number of carbonyl (C=O) groups is 1. The van der Waals surface area contributed by atoms with Crippen LogP contribution in [-0.2, 0) is 11.2 Å². The standard InChI is InChI=1S/C27H28FN5OS/c1-17-24-25(33(31-17)21-11-5-10-20(28)15-21)30-27(35-24)32-14-6-9-19(16-32)26(34)29-23-13-4-8-18-7-2-3-12-22(18)23/h2-3,5,7,10-12,15,19,23H,4,6,8-9,13-14,16H2,1H3,(H,29,34). The van der Waals surface area contributed by atoms with Gasteiger partial charge in [-0.25, -0.2) is 9.07 Å². The average molecular weight is 490 g/mol. The van der Waals surface area contributed by atoms with E-state index in [-0.39, 0.29) is 23.7 Å². The van der Waals surface area contributed by atoms with Crippen LogP contribution in [0.5, 0.6) is 0 Å². The Balaban J connectivity index is 1.21. The molecule has 1 aliphatic heterocycles. The van der Waals surface area contributed by atoms with E-state index in [0.29, 0.717) is 12.2 Å². The Labute approximate surface area is 207 Å². The first-order valence-corrected chi connectivity index (χ1v) is 13.1. The molecule has 3 heterocycles. The molecular weight excluding hydrogens is 461 g/mol. The van der Waals surface area contributed by atoms with Gasteiger partial charge >= 0.3 is 0 Å². The van der Waals surface area contributed by atoms with Crippen molar-refractivity contribution >= 4 is 32.7 Å². The third kappa shape index (κ3) is 4.20. The van der Waals surface area contributed by atoms with Gasteiger partial charge in [-0.15, -0.1) is 0 Å². The van der Waals surface area contributed by atoms with Crippen molar-refractivity contribution in [2.75, 3.05) is 18.0 Å². The molecular formula is C27H28FN5OS. The Kier molecular flexibility index (Phi) is 5.76. The van der Waals surface area contributed by atoms with Gasteiger partial charge in [0.2, 0.25) is 5.91 Å². The molecule has 6 rings (SSSR count). The molecule has 0 saturated carbocycles. The van der Waals surface area contributed by atoms with Gasteiger partial charge in [0.1, 0.15) is 5.82 Å². The summed E-state index contributed by atoms with van der Waals surface area (Å²) < 4.78 is 16.5. The molecule has 2 atom stereocenters. The highest BCUT2D eigenvalue weighted by Gasteiger charge is 2.31. The predicted octanol–water partition coefficient (Wildman–Crippen LogP) is 5.34. The number of benzene rings is 2. The molecule has 1 fully saturated rings. The zero-order valence-electron chi connectivity index (χ0n) is 19.7. The SMILES string of the molecule is Cc1nn(-c2cccc(F)c2)c2nc(N3CCCC(C(=O)NC4CCCc5ccccc54)C3)sc12. The molecule has 180 valence electrons. The molecule has 2 aromatic carbocycles. The maximum absolute atomic E-state index is 13.8. The number of nitrogens with zero attached hydrogens (tertiary/aromatic N) is 4. The van der Waals surface area contributed by atoms with E-state index in [9.17, 15) is 9.18 Å². The van der Waals surface area contributed by atoms with Crippen LogP contribution in [-0.4, -0.2) is 33.8 Å². The lowest BCUT2D eigenvalue weighted by Crippen LogP contribution is -2.44. The van der Waals surface area contributed by atoms with E-state index in [2.05, 4.69) is 39.6 Å². The molecule has 0 radical (unpaired) electrons. The summed E-state index contributed by atoms with van der Waals surface area (Å²) in [6.45, 7) is 3.48. The van der Waals surface area contributed by atoms with Gasteiger partial charge in [-0.3, -0.25) is 4.79 Å². The molecule has 2 aromatic heterocycles. The maximum atomic E-state index is 13.8. The van der Waals surface area contributed by atoms with Crippen LogP contribution in [0.3, 0.4) is 0 Å². The van der Waals surface area contributed by atoms with Crippen LogP contribution in [0, 0.1) is 18.7 Å². The summed E-state index contributed by atoms with van der Waals surface area (Å²) in [5, 5.41) is 8.84. The molecule has 1 saturated heterocycles. The number of rotatable bonds is 4. The molecule has 0 bridgehead atoms. The average Bonchev–Trinajstić information content (AvgIpc) is 3.45. The third-order valence-electron chi connectivity index (χ3n) is 7.18. The fourth-order valence-electron chi connectivity index (χ4n) is 5.40. The highest BCUT2D eigenvalue weighted by Crippen LogP contribution is 2.35. The fraction of sp³-hybridized carbons (Fsp3) is 0.370. The summed E-state index contributed by atoms with van der Waals surface area (Å²) >= 11 is 1.60. The number of piperidine rings is 1. The topological polar surface area (TPSA) is 63.1 Å². The van der Waals surface area contributed by atoms with Crippen LogP contribution < -0.4 is 10.2 Å². The van der Waals surface area contributed by atoms with Gasteiger partial charge < -0.3 is 10.2 Å². The molecule has 1 N–H and O–H groups in total. The Hall–Kier alpha value is -3.26.